The summed E-state index contributed by atoms with van der Waals surface area (Å²) in [5, 5.41) is 12.3. The third-order valence-corrected chi connectivity index (χ3v) is 2.39. The van der Waals surface area contributed by atoms with Crippen LogP contribution in [-0.4, -0.2) is 37.6 Å². The van der Waals surface area contributed by atoms with Gasteiger partial charge in [-0.3, -0.25) is 0 Å². The van der Waals surface area contributed by atoms with E-state index in [0.717, 1.165) is 18.9 Å². The first-order valence-corrected chi connectivity index (χ1v) is 6.40. The molecule has 18 heavy (non-hydrogen) atoms. The molecule has 0 spiro atoms. The van der Waals surface area contributed by atoms with Crippen molar-refractivity contribution >= 4 is 0 Å². The minimum Gasteiger partial charge on any atom is -0.491 e. The molecule has 1 aromatic rings. The highest BCUT2D eigenvalue weighted by Gasteiger charge is 1.97. The predicted octanol–water partition coefficient (Wildman–Crippen LogP) is 1.57. The second-order valence-electron chi connectivity index (χ2n) is 4.17. The molecular weight excluding hydrogens is 230 g/mol. The van der Waals surface area contributed by atoms with Crippen LogP contribution in [0.5, 0.6) is 5.75 Å². The standard InChI is InChI=1S/C14H23NO3/c1-3-17-8-9-18-14-6-4-13(5-7-14)11-15-10-12(2)16/h4-7,12,15-16H,3,8-11H2,1-2H3. The molecule has 0 fully saturated rings. The zero-order chi connectivity index (χ0) is 13.2. The Labute approximate surface area is 109 Å². The molecule has 0 aliphatic carbocycles. The average molecular weight is 253 g/mol. The Kier molecular flexibility index (Phi) is 7.41. The summed E-state index contributed by atoms with van der Waals surface area (Å²) in [7, 11) is 0. The molecule has 0 saturated heterocycles. The van der Waals surface area contributed by atoms with Crippen LogP contribution in [-0.2, 0) is 11.3 Å². The molecule has 1 rings (SSSR count). The Balaban J connectivity index is 2.24. The molecule has 0 heterocycles. The fourth-order valence-electron chi connectivity index (χ4n) is 1.49. The maximum atomic E-state index is 9.12. The molecule has 0 aliphatic heterocycles. The topological polar surface area (TPSA) is 50.7 Å². The Morgan fingerprint density at radius 2 is 1.94 bits per heavy atom. The molecule has 1 atom stereocenters. The van der Waals surface area contributed by atoms with Crippen LogP contribution >= 0.6 is 0 Å². The monoisotopic (exact) mass is 253 g/mol. The first-order valence-electron chi connectivity index (χ1n) is 6.40. The van der Waals surface area contributed by atoms with Crippen molar-refractivity contribution in [3.8, 4) is 5.75 Å². The summed E-state index contributed by atoms with van der Waals surface area (Å²) in [6.07, 6.45) is -0.314. The molecule has 0 amide bonds. The molecule has 0 aliphatic rings. The first-order chi connectivity index (χ1) is 8.72. The molecule has 0 radical (unpaired) electrons. The van der Waals surface area contributed by atoms with E-state index in [4.69, 9.17) is 14.6 Å². The van der Waals surface area contributed by atoms with E-state index < -0.39 is 0 Å². The van der Waals surface area contributed by atoms with Crippen LogP contribution in [0, 0.1) is 0 Å². The second kappa shape index (κ2) is 8.91. The van der Waals surface area contributed by atoms with Crippen molar-refractivity contribution in [3.63, 3.8) is 0 Å². The number of benzene rings is 1. The van der Waals surface area contributed by atoms with Gasteiger partial charge in [0.15, 0.2) is 0 Å². The van der Waals surface area contributed by atoms with Crippen LogP contribution in [0.4, 0.5) is 0 Å². The van der Waals surface area contributed by atoms with E-state index in [1.807, 2.05) is 31.2 Å². The van der Waals surface area contributed by atoms with Crippen LogP contribution in [0.3, 0.4) is 0 Å². The number of ether oxygens (including phenoxy) is 2. The third kappa shape index (κ3) is 6.59. The molecule has 1 unspecified atom stereocenters. The number of aliphatic hydroxyl groups excluding tert-OH is 1. The van der Waals surface area contributed by atoms with Crippen molar-refractivity contribution in [3.05, 3.63) is 29.8 Å². The second-order valence-corrected chi connectivity index (χ2v) is 4.17. The maximum Gasteiger partial charge on any atom is 0.119 e. The van der Waals surface area contributed by atoms with Crippen LogP contribution < -0.4 is 10.1 Å². The van der Waals surface area contributed by atoms with Gasteiger partial charge >= 0.3 is 0 Å². The summed E-state index contributed by atoms with van der Waals surface area (Å²) in [4.78, 5) is 0. The van der Waals surface area contributed by atoms with E-state index >= 15 is 0 Å². The lowest BCUT2D eigenvalue weighted by atomic mass is 10.2. The molecule has 102 valence electrons. The highest BCUT2D eigenvalue weighted by Crippen LogP contribution is 2.11. The minimum atomic E-state index is -0.314. The van der Waals surface area contributed by atoms with Gasteiger partial charge in [-0.25, -0.2) is 0 Å². The van der Waals surface area contributed by atoms with Crippen molar-refractivity contribution in [1.29, 1.82) is 0 Å². The Hall–Kier alpha value is -1.10. The molecule has 0 aromatic heterocycles. The number of hydrogen-bond acceptors (Lipinski definition) is 4. The van der Waals surface area contributed by atoms with Gasteiger partial charge in [0, 0.05) is 19.7 Å². The van der Waals surface area contributed by atoms with E-state index in [9.17, 15) is 0 Å². The summed E-state index contributed by atoms with van der Waals surface area (Å²) < 4.78 is 10.7. The molecular formula is C14H23NO3. The third-order valence-electron chi connectivity index (χ3n) is 2.39. The van der Waals surface area contributed by atoms with Crippen molar-refractivity contribution in [2.45, 2.75) is 26.5 Å². The molecule has 1 aromatic carbocycles. The van der Waals surface area contributed by atoms with Gasteiger partial charge in [-0.05, 0) is 31.5 Å². The summed E-state index contributed by atoms with van der Waals surface area (Å²) in [5.74, 6) is 0.856. The lowest BCUT2D eigenvalue weighted by Crippen LogP contribution is -2.23. The highest BCUT2D eigenvalue weighted by molar-refractivity contribution is 5.27. The zero-order valence-corrected chi connectivity index (χ0v) is 11.2. The fourth-order valence-corrected chi connectivity index (χ4v) is 1.49. The SMILES string of the molecule is CCOCCOc1ccc(CNCC(C)O)cc1. The van der Waals surface area contributed by atoms with Crippen LogP contribution in [0.15, 0.2) is 24.3 Å². The van der Waals surface area contributed by atoms with E-state index in [1.54, 1.807) is 6.92 Å². The van der Waals surface area contributed by atoms with Crippen molar-refractivity contribution in [2.24, 2.45) is 0 Å². The van der Waals surface area contributed by atoms with Gasteiger partial charge < -0.3 is 19.9 Å². The summed E-state index contributed by atoms with van der Waals surface area (Å²) in [6, 6.07) is 7.94. The smallest absolute Gasteiger partial charge is 0.119 e. The van der Waals surface area contributed by atoms with Gasteiger partial charge in [-0.2, -0.15) is 0 Å². The van der Waals surface area contributed by atoms with E-state index in [2.05, 4.69) is 5.32 Å². The average Bonchev–Trinajstić information content (AvgIpc) is 2.36. The Bertz CT molecular complexity index is 311. The zero-order valence-electron chi connectivity index (χ0n) is 11.2. The van der Waals surface area contributed by atoms with E-state index in [-0.39, 0.29) is 6.10 Å². The van der Waals surface area contributed by atoms with Gasteiger partial charge in [0.2, 0.25) is 0 Å². The number of nitrogens with one attached hydrogen (secondary N) is 1. The maximum absolute atomic E-state index is 9.12. The van der Waals surface area contributed by atoms with Crippen LogP contribution in [0.1, 0.15) is 19.4 Å². The first kappa shape index (κ1) is 15.0. The van der Waals surface area contributed by atoms with Crippen LogP contribution in [0.2, 0.25) is 0 Å². The number of aliphatic hydroxyl groups is 1. The Morgan fingerprint density at radius 1 is 1.22 bits per heavy atom. The van der Waals surface area contributed by atoms with E-state index in [0.29, 0.717) is 19.8 Å². The molecule has 4 nitrogen and oxygen atoms in total. The lowest BCUT2D eigenvalue weighted by molar-refractivity contribution is 0.110. The summed E-state index contributed by atoms with van der Waals surface area (Å²) in [6.45, 7) is 7.01. The molecule has 4 heteroatoms. The molecule has 2 N–H and O–H groups in total. The fraction of sp³-hybridized carbons (Fsp3) is 0.571. The highest BCUT2D eigenvalue weighted by atomic mass is 16.5. The quantitative estimate of drug-likeness (QED) is 0.656. The van der Waals surface area contributed by atoms with Crippen molar-refractivity contribution in [2.75, 3.05) is 26.4 Å². The predicted molar refractivity (Wildman–Crippen MR) is 71.8 cm³/mol. The van der Waals surface area contributed by atoms with Gasteiger partial charge in [-0.1, -0.05) is 12.1 Å². The van der Waals surface area contributed by atoms with Gasteiger partial charge in [0.1, 0.15) is 12.4 Å². The van der Waals surface area contributed by atoms with Gasteiger partial charge in [0.25, 0.3) is 0 Å². The van der Waals surface area contributed by atoms with Crippen molar-refractivity contribution in [1.82, 2.24) is 5.32 Å². The molecule has 0 bridgehead atoms. The van der Waals surface area contributed by atoms with Crippen LogP contribution in [0.25, 0.3) is 0 Å². The van der Waals surface area contributed by atoms with Gasteiger partial charge in [-0.15, -0.1) is 0 Å². The lowest BCUT2D eigenvalue weighted by Gasteiger charge is -2.09. The van der Waals surface area contributed by atoms with Gasteiger partial charge in [0.05, 0.1) is 12.7 Å². The Morgan fingerprint density at radius 3 is 2.56 bits per heavy atom. The normalized spacial score (nSPS) is 12.4. The minimum absolute atomic E-state index is 0.314. The number of hydrogen-bond donors (Lipinski definition) is 2. The van der Waals surface area contributed by atoms with E-state index in [1.165, 1.54) is 5.56 Å². The summed E-state index contributed by atoms with van der Waals surface area (Å²) >= 11 is 0. The summed E-state index contributed by atoms with van der Waals surface area (Å²) in [5.41, 5.74) is 1.17. The number of rotatable bonds is 9. The van der Waals surface area contributed by atoms with Crippen molar-refractivity contribution < 1.29 is 14.6 Å². The molecule has 0 saturated carbocycles. The largest absolute Gasteiger partial charge is 0.491 e.